The normalized spacial score (nSPS) is 14.9. The fraction of sp³-hybridized carbons (Fsp3) is 0.450. The molecule has 1 aromatic carbocycles. The Morgan fingerprint density at radius 3 is 2.40 bits per heavy atom. The number of rotatable bonds is 8. The Balaban J connectivity index is 0.00000320. The number of aliphatic imine (C=N–C) groups is 1. The summed E-state index contributed by atoms with van der Waals surface area (Å²) < 4.78 is 0. The first-order valence-corrected chi connectivity index (χ1v) is 11.2. The Hall–Kier alpha value is -1.30. The van der Waals surface area contributed by atoms with Crippen LogP contribution in [0.4, 0.5) is 5.95 Å². The minimum Gasteiger partial charge on any atom is -0.356 e. The Labute approximate surface area is 205 Å². The maximum Gasteiger partial charge on any atom is 0.225 e. The number of hydrogen-bond donors (Lipinski definition) is 2. The van der Waals surface area contributed by atoms with Gasteiger partial charge in [-0.1, -0.05) is 11.6 Å². The summed E-state index contributed by atoms with van der Waals surface area (Å²) in [5, 5.41) is 7.53. The molecule has 0 radical (unpaired) electrons. The van der Waals surface area contributed by atoms with Crippen LogP contribution in [0, 0.1) is 0 Å². The van der Waals surface area contributed by atoms with Gasteiger partial charge < -0.3 is 15.5 Å². The maximum atomic E-state index is 5.92. The zero-order valence-electron chi connectivity index (χ0n) is 17.1. The number of hydrogen-bond acceptors (Lipinski definition) is 6. The van der Waals surface area contributed by atoms with Crippen molar-refractivity contribution in [2.75, 3.05) is 63.5 Å². The van der Waals surface area contributed by atoms with Gasteiger partial charge in [-0.2, -0.15) is 0 Å². The number of aromatic nitrogens is 2. The molecule has 7 nitrogen and oxygen atoms in total. The van der Waals surface area contributed by atoms with Gasteiger partial charge in [0, 0.05) is 80.9 Å². The molecule has 2 N–H and O–H groups in total. The molecule has 0 unspecified atom stereocenters. The van der Waals surface area contributed by atoms with E-state index in [9.17, 15) is 0 Å². The van der Waals surface area contributed by atoms with Gasteiger partial charge in [-0.3, -0.25) is 9.89 Å². The van der Waals surface area contributed by atoms with Crippen LogP contribution >= 0.6 is 47.3 Å². The highest BCUT2D eigenvalue weighted by atomic mass is 127. The number of halogens is 2. The molecular formula is C20H29ClIN7S. The van der Waals surface area contributed by atoms with Gasteiger partial charge in [0.15, 0.2) is 5.96 Å². The maximum absolute atomic E-state index is 5.92. The highest BCUT2D eigenvalue weighted by Gasteiger charge is 2.18. The first-order chi connectivity index (χ1) is 14.2. The summed E-state index contributed by atoms with van der Waals surface area (Å²) in [6.45, 7) is 6.66. The molecule has 1 aliphatic rings. The molecule has 1 aliphatic heterocycles. The predicted octanol–water partition coefficient (Wildman–Crippen LogP) is 2.83. The van der Waals surface area contributed by atoms with E-state index in [2.05, 4.69) is 35.4 Å². The number of piperazine rings is 1. The van der Waals surface area contributed by atoms with Crippen LogP contribution in [0.2, 0.25) is 5.02 Å². The fourth-order valence-electron chi connectivity index (χ4n) is 3.05. The molecule has 0 amide bonds. The molecule has 164 valence electrons. The van der Waals surface area contributed by atoms with Crippen molar-refractivity contribution in [2.24, 2.45) is 4.99 Å². The molecule has 10 heteroatoms. The van der Waals surface area contributed by atoms with Crippen molar-refractivity contribution in [1.29, 1.82) is 0 Å². The Bertz CT molecular complexity index is 756. The molecule has 2 heterocycles. The molecule has 0 aliphatic carbocycles. The van der Waals surface area contributed by atoms with E-state index in [4.69, 9.17) is 11.6 Å². The van der Waals surface area contributed by atoms with Crippen LogP contribution in [0.1, 0.15) is 0 Å². The number of thioether (sulfide) groups is 1. The van der Waals surface area contributed by atoms with E-state index < -0.39 is 0 Å². The highest BCUT2D eigenvalue weighted by Crippen LogP contribution is 2.19. The van der Waals surface area contributed by atoms with Crippen molar-refractivity contribution in [3.05, 3.63) is 47.7 Å². The van der Waals surface area contributed by atoms with Crippen LogP contribution in [-0.2, 0) is 0 Å². The van der Waals surface area contributed by atoms with E-state index in [1.54, 1.807) is 31.2 Å². The Kier molecular flexibility index (Phi) is 11.6. The number of guanidine groups is 1. The van der Waals surface area contributed by atoms with E-state index in [1.807, 2.05) is 30.3 Å². The first-order valence-electron chi connectivity index (χ1n) is 9.82. The largest absolute Gasteiger partial charge is 0.356 e. The van der Waals surface area contributed by atoms with Crippen LogP contribution in [-0.4, -0.2) is 79.4 Å². The van der Waals surface area contributed by atoms with E-state index in [1.165, 1.54) is 4.90 Å². The standard InChI is InChI=1S/C20H28ClN7S.HI/c1-22-19(24-10-16-29-18-5-3-17(21)4-6-18)23-9-11-27-12-14-28(15-13-27)20-25-7-2-8-26-20;/h2-8H,9-16H2,1H3,(H2,22,23,24);1H. The summed E-state index contributed by atoms with van der Waals surface area (Å²) in [6, 6.07) is 9.78. The lowest BCUT2D eigenvalue weighted by Crippen LogP contribution is -2.49. The average Bonchev–Trinajstić information content (AvgIpc) is 2.77. The molecule has 1 fully saturated rings. The molecule has 2 aromatic rings. The van der Waals surface area contributed by atoms with Crippen molar-refractivity contribution < 1.29 is 0 Å². The van der Waals surface area contributed by atoms with Gasteiger partial charge in [-0.25, -0.2) is 9.97 Å². The second-order valence-electron chi connectivity index (χ2n) is 6.61. The van der Waals surface area contributed by atoms with Crippen LogP contribution in [0.3, 0.4) is 0 Å². The van der Waals surface area contributed by atoms with Gasteiger partial charge in [0.2, 0.25) is 5.95 Å². The minimum absolute atomic E-state index is 0. The van der Waals surface area contributed by atoms with Gasteiger partial charge in [0.1, 0.15) is 0 Å². The van der Waals surface area contributed by atoms with Crippen LogP contribution in [0.5, 0.6) is 0 Å². The van der Waals surface area contributed by atoms with Crippen molar-refractivity contribution in [2.45, 2.75) is 4.90 Å². The first kappa shape index (κ1) is 25.0. The Morgan fingerprint density at radius 1 is 1.07 bits per heavy atom. The third-order valence-electron chi connectivity index (χ3n) is 4.63. The number of anilines is 1. The molecule has 0 saturated carbocycles. The molecule has 0 atom stereocenters. The lowest BCUT2D eigenvalue weighted by Gasteiger charge is -2.34. The number of benzene rings is 1. The molecule has 3 rings (SSSR count). The zero-order chi connectivity index (χ0) is 20.3. The van der Waals surface area contributed by atoms with Crippen molar-refractivity contribution in [1.82, 2.24) is 25.5 Å². The van der Waals surface area contributed by atoms with E-state index in [0.29, 0.717) is 0 Å². The molecule has 1 saturated heterocycles. The summed E-state index contributed by atoms with van der Waals surface area (Å²) in [6.07, 6.45) is 3.59. The molecule has 0 spiro atoms. The molecule has 1 aromatic heterocycles. The third kappa shape index (κ3) is 8.44. The summed E-state index contributed by atoms with van der Waals surface area (Å²) in [5.74, 6) is 2.63. The minimum atomic E-state index is 0. The monoisotopic (exact) mass is 561 g/mol. The smallest absolute Gasteiger partial charge is 0.225 e. The predicted molar refractivity (Wildman–Crippen MR) is 138 cm³/mol. The lowest BCUT2D eigenvalue weighted by molar-refractivity contribution is 0.260. The zero-order valence-corrected chi connectivity index (χ0v) is 21.0. The summed E-state index contributed by atoms with van der Waals surface area (Å²) >= 11 is 7.72. The average molecular weight is 562 g/mol. The number of nitrogens with zero attached hydrogens (tertiary/aromatic N) is 5. The van der Waals surface area contributed by atoms with Gasteiger partial charge in [0.05, 0.1) is 0 Å². The van der Waals surface area contributed by atoms with Gasteiger partial charge in [0.25, 0.3) is 0 Å². The molecule has 0 bridgehead atoms. The lowest BCUT2D eigenvalue weighted by atomic mass is 10.3. The molecule has 30 heavy (non-hydrogen) atoms. The second-order valence-corrected chi connectivity index (χ2v) is 8.21. The summed E-state index contributed by atoms with van der Waals surface area (Å²) in [4.78, 5) is 18.9. The van der Waals surface area contributed by atoms with Crippen LogP contribution in [0.25, 0.3) is 0 Å². The van der Waals surface area contributed by atoms with E-state index >= 15 is 0 Å². The highest BCUT2D eigenvalue weighted by molar-refractivity contribution is 14.0. The van der Waals surface area contributed by atoms with Crippen LogP contribution < -0.4 is 15.5 Å². The summed E-state index contributed by atoms with van der Waals surface area (Å²) in [5.41, 5.74) is 0. The van der Waals surface area contributed by atoms with Gasteiger partial charge in [-0.15, -0.1) is 35.7 Å². The topological polar surface area (TPSA) is 68.7 Å². The van der Waals surface area contributed by atoms with Gasteiger partial charge >= 0.3 is 0 Å². The fourth-order valence-corrected chi connectivity index (χ4v) is 3.94. The van der Waals surface area contributed by atoms with E-state index in [0.717, 1.165) is 68.5 Å². The van der Waals surface area contributed by atoms with Crippen LogP contribution in [0.15, 0.2) is 52.6 Å². The van der Waals surface area contributed by atoms with E-state index in [-0.39, 0.29) is 24.0 Å². The van der Waals surface area contributed by atoms with Crippen molar-refractivity contribution in [3.8, 4) is 0 Å². The van der Waals surface area contributed by atoms with Gasteiger partial charge in [-0.05, 0) is 30.3 Å². The number of nitrogens with one attached hydrogen (secondary N) is 2. The van der Waals surface area contributed by atoms with Crippen molar-refractivity contribution >= 4 is 59.2 Å². The molecular weight excluding hydrogens is 533 g/mol. The summed E-state index contributed by atoms with van der Waals surface area (Å²) in [7, 11) is 1.81. The quantitative estimate of drug-likeness (QED) is 0.169. The Morgan fingerprint density at radius 2 is 1.73 bits per heavy atom. The third-order valence-corrected chi connectivity index (χ3v) is 5.89. The second kappa shape index (κ2) is 13.9. The SMILES string of the molecule is CN=C(NCCSc1ccc(Cl)cc1)NCCN1CCN(c2ncccn2)CC1.I. The van der Waals surface area contributed by atoms with Crippen molar-refractivity contribution in [3.63, 3.8) is 0 Å².